The van der Waals surface area contributed by atoms with Crippen molar-refractivity contribution in [1.82, 2.24) is 0 Å². The molecule has 2 aromatic carbocycles. The molecule has 0 heterocycles. The zero-order valence-electron chi connectivity index (χ0n) is 26.1. The number of carbonyl (C=O) groups is 1. The van der Waals surface area contributed by atoms with Gasteiger partial charge in [-0.05, 0) is 142 Å². The van der Waals surface area contributed by atoms with E-state index in [1.807, 2.05) is 13.0 Å². The number of aryl methyl sites for hydroxylation is 3. The highest BCUT2D eigenvalue weighted by molar-refractivity contribution is 6.02. The Bertz CT molecular complexity index is 1440. The molecule has 2 atom stereocenters. The van der Waals surface area contributed by atoms with Crippen LogP contribution in [-0.4, -0.2) is 17.1 Å². The Morgan fingerprint density at radius 3 is 2.39 bits per heavy atom. The van der Waals surface area contributed by atoms with Crippen LogP contribution in [0.3, 0.4) is 0 Å². The van der Waals surface area contributed by atoms with E-state index in [4.69, 9.17) is 0 Å². The first-order valence-corrected chi connectivity index (χ1v) is 15.6. The minimum atomic E-state index is -0.228. The molecule has 0 saturated heterocycles. The minimum absolute atomic E-state index is 0.00989. The standard InChI is InChI=1S/C38H49NO2/c1-25-11-9-14-32(18-17-25)23-31(13-8-7-12-28(4)40)15-10-16-35-37-22-27(3)26(2)21-34(37)24-36(29(5)33-19-20-33)38(35)39-30(6)41/h9,14,17-18,21-22,24,28,31,40H,7-8,10,12-13,15-16,19-20,23H2,1-6H3,(H,39,41). The first-order chi connectivity index (χ1) is 19.6. The number of aliphatic hydroxyl groups is 1. The summed E-state index contributed by atoms with van der Waals surface area (Å²) in [5.74, 6) is 0.564. The van der Waals surface area contributed by atoms with Gasteiger partial charge in [0.25, 0.3) is 0 Å². The van der Waals surface area contributed by atoms with Gasteiger partial charge < -0.3 is 10.4 Å². The molecular formula is C38H49NO2. The van der Waals surface area contributed by atoms with E-state index < -0.39 is 0 Å². The Balaban J connectivity index is 1.62. The van der Waals surface area contributed by atoms with Gasteiger partial charge in [0.05, 0.1) is 11.8 Å². The average Bonchev–Trinajstić information content (AvgIpc) is 3.77. The number of hydrogen-bond donors (Lipinski definition) is 2. The summed E-state index contributed by atoms with van der Waals surface area (Å²) in [4.78, 5) is 12.5. The second-order valence-electron chi connectivity index (χ2n) is 12.5. The zero-order valence-corrected chi connectivity index (χ0v) is 26.1. The normalized spacial score (nSPS) is 15.8. The summed E-state index contributed by atoms with van der Waals surface area (Å²) in [5.41, 5.74) is 14.7. The van der Waals surface area contributed by atoms with Crippen LogP contribution in [0.25, 0.3) is 16.3 Å². The number of benzene rings is 2. The number of hydrogen-bond acceptors (Lipinski definition) is 2. The SMILES string of the molecule is CC(=O)Nc1c(C(C)=C2CC2)cc2cc(C)c(C)cc2c1CCCC(CCCCC(C)O)CC1=CC=C=C(C)C=C1. The summed E-state index contributed by atoms with van der Waals surface area (Å²) in [7, 11) is 0. The lowest BCUT2D eigenvalue weighted by molar-refractivity contribution is -0.114. The smallest absolute Gasteiger partial charge is 0.221 e. The lowest BCUT2D eigenvalue weighted by Gasteiger charge is -2.22. The number of carbonyl (C=O) groups excluding carboxylic acids is 1. The van der Waals surface area contributed by atoms with E-state index in [2.05, 4.69) is 75.2 Å². The van der Waals surface area contributed by atoms with Crippen molar-refractivity contribution >= 4 is 27.9 Å². The molecule has 1 saturated carbocycles. The number of amides is 1. The Labute approximate surface area is 247 Å². The number of allylic oxidation sites excluding steroid dienone is 7. The molecule has 2 N–H and O–H groups in total. The molecule has 2 aromatic rings. The molecule has 0 bridgehead atoms. The van der Waals surface area contributed by atoms with Crippen LogP contribution in [0.4, 0.5) is 5.69 Å². The van der Waals surface area contributed by atoms with Crippen LogP contribution < -0.4 is 5.32 Å². The van der Waals surface area contributed by atoms with Crippen molar-refractivity contribution in [3.8, 4) is 0 Å². The highest BCUT2D eigenvalue weighted by Crippen LogP contribution is 2.42. The van der Waals surface area contributed by atoms with E-state index in [0.29, 0.717) is 5.92 Å². The molecule has 0 spiro atoms. The fourth-order valence-electron chi connectivity index (χ4n) is 6.12. The van der Waals surface area contributed by atoms with Gasteiger partial charge in [-0.3, -0.25) is 4.79 Å². The average molecular weight is 552 g/mol. The number of aliphatic hydroxyl groups excluding tert-OH is 1. The van der Waals surface area contributed by atoms with Crippen molar-refractivity contribution in [3.63, 3.8) is 0 Å². The summed E-state index contributed by atoms with van der Waals surface area (Å²) in [6, 6.07) is 6.95. The predicted octanol–water partition coefficient (Wildman–Crippen LogP) is 9.85. The first kappa shape index (κ1) is 30.8. The van der Waals surface area contributed by atoms with Gasteiger partial charge in [0.15, 0.2) is 0 Å². The van der Waals surface area contributed by atoms with E-state index in [-0.39, 0.29) is 12.0 Å². The lowest BCUT2D eigenvalue weighted by atomic mass is 9.86. The minimum Gasteiger partial charge on any atom is -0.393 e. The van der Waals surface area contributed by atoms with Crippen molar-refractivity contribution in [2.75, 3.05) is 5.32 Å². The molecule has 2 unspecified atom stereocenters. The van der Waals surface area contributed by atoms with Gasteiger partial charge >= 0.3 is 0 Å². The maximum Gasteiger partial charge on any atom is 0.221 e. The van der Waals surface area contributed by atoms with Crippen LogP contribution >= 0.6 is 0 Å². The third-order valence-corrected chi connectivity index (χ3v) is 8.80. The molecule has 2 aliphatic rings. The summed E-state index contributed by atoms with van der Waals surface area (Å²) < 4.78 is 0. The van der Waals surface area contributed by atoms with Crippen molar-refractivity contribution in [2.45, 2.75) is 112 Å². The van der Waals surface area contributed by atoms with Crippen LogP contribution in [-0.2, 0) is 11.2 Å². The Hall–Kier alpha value is -3.13. The number of nitrogens with one attached hydrogen (secondary N) is 1. The van der Waals surface area contributed by atoms with Crippen molar-refractivity contribution in [2.24, 2.45) is 5.92 Å². The molecule has 0 aromatic heterocycles. The van der Waals surface area contributed by atoms with Gasteiger partial charge in [0.2, 0.25) is 5.91 Å². The summed E-state index contributed by atoms with van der Waals surface area (Å²) >= 11 is 0. The molecule has 1 amide bonds. The van der Waals surface area contributed by atoms with E-state index in [1.165, 1.54) is 49.7 Å². The van der Waals surface area contributed by atoms with Crippen molar-refractivity contribution in [3.05, 3.63) is 87.2 Å². The fraction of sp³-hybridized carbons (Fsp3) is 0.474. The first-order valence-electron chi connectivity index (χ1n) is 15.6. The third kappa shape index (κ3) is 8.68. The molecule has 218 valence electrons. The van der Waals surface area contributed by atoms with Gasteiger partial charge in [-0.2, -0.15) is 0 Å². The highest BCUT2D eigenvalue weighted by atomic mass is 16.3. The van der Waals surface area contributed by atoms with Crippen LogP contribution in [0.5, 0.6) is 0 Å². The monoisotopic (exact) mass is 551 g/mol. The number of anilines is 1. The van der Waals surface area contributed by atoms with E-state index >= 15 is 0 Å². The van der Waals surface area contributed by atoms with E-state index in [1.54, 1.807) is 6.92 Å². The maximum absolute atomic E-state index is 12.5. The molecule has 2 aliphatic carbocycles. The van der Waals surface area contributed by atoms with E-state index in [0.717, 1.165) is 75.5 Å². The summed E-state index contributed by atoms with van der Waals surface area (Å²) in [5, 5.41) is 15.6. The highest BCUT2D eigenvalue weighted by Gasteiger charge is 2.22. The predicted molar refractivity (Wildman–Crippen MR) is 175 cm³/mol. The van der Waals surface area contributed by atoms with Gasteiger partial charge in [-0.1, -0.05) is 55.2 Å². The fourth-order valence-corrected chi connectivity index (χ4v) is 6.12. The van der Waals surface area contributed by atoms with Crippen LogP contribution in [0, 0.1) is 19.8 Å². The van der Waals surface area contributed by atoms with Gasteiger partial charge in [0, 0.05) is 12.5 Å². The maximum atomic E-state index is 12.5. The molecule has 0 aliphatic heterocycles. The van der Waals surface area contributed by atoms with Crippen LogP contribution in [0.2, 0.25) is 0 Å². The van der Waals surface area contributed by atoms with E-state index in [9.17, 15) is 9.90 Å². The summed E-state index contributed by atoms with van der Waals surface area (Å²) in [6.07, 6.45) is 19.2. The summed E-state index contributed by atoms with van der Waals surface area (Å²) in [6.45, 7) is 12.2. The Kier molecular flexibility index (Phi) is 10.6. The molecule has 1 fully saturated rings. The second-order valence-corrected chi connectivity index (χ2v) is 12.5. The molecule has 4 rings (SSSR count). The third-order valence-electron chi connectivity index (χ3n) is 8.80. The molecular weight excluding hydrogens is 502 g/mol. The van der Waals surface area contributed by atoms with Crippen molar-refractivity contribution < 1.29 is 9.90 Å². The molecule has 41 heavy (non-hydrogen) atoms. The lowest BCUT2D eigenvalue weighted by Crippen LogP contribution is -2.12. The Morgan fingerprint density at radius 2 is 1.68 bits per heavy atom. The number of rotatable bonds is 13. The van der Waals surface area contributed by atoms with Crippen molar-refractivity contribution in [1.29, 1.82) is 0 Å². The number of unbranched alkanes of at least 4 members (excludes halogenated alkanes) is 1. The Morgan fingerprint density at radius 1 is 0.976 bits per heavy atom. The molecule has 3 nitrogen and oxygen atoms in total. The van der Waals surface area contributed by atoms with Gasteiger partial charge in [0.1, 0.15) is 0 Å². The molecule has 3 heteroatoms. The van der Waals surface area contributed by atoms with Gasteiger partial charge in [-0.25, -0.2) is 0 Å². The second kappa shape index (κ2) is 14.2. The number of fused-ring (bicyclic) bond motifs is 1. The largest absolute Gasteiger partial charge is 0.393 e. The zero-order chi connectivity index (χ0) is 29.5. The quantitative estimate of drug-likeness (QED) is 0.192. The van der Waals surface area contributed by atoms with Gasteiger partial charge in [-0.15, -0.1) is 5.73 Å². The topological polar surface area (TPSA) is 49.3 Å². The van der Waals surface area contributed by atoms with Crippen LogP contribution in [0.1, 0.15) is 108 Å². The molecule has 0 radical (unpaired) electrons. The van der Waals surface area contributed by atoms with Crippen LogP contribution in [0.15, 0.2) is 65.0 Å².